The van der Waals surface area contributed by atoms with Crippen LogP contribution in [0.4, 0.5) is 0 Å². The van der Waals surface area contributed by atoms with Crippen LogP contribution in [0.3, 0.4) is 0 Å². The molecule has 0 aromatic heterocycles. The summed E-state index contributed by atoms with van der Waals surface area (Å²) in [5.41, 5.74) is 2.16. The zero-order valence-electron chi connectivity index (χ0n) is 7.83. The topological polar surface area (TPSA) is 23.8 Å². The molecule has 0 aliphatic carbocycles. The average molecular weight is 169 g/mol. The molecule has 1 heteroatoms. The Bertz CT molecular complexity index is 386. The van der Waals surface area contributed by atoms with Gasteiger partial charge in [0, 0.05) is 11.5 Å². The van der Waals surface area contributed by atoms with Crippen molar-refractivity contribution in [3.63, 3.8) is 0 Å². The summed E-state index contributed by atoms with van der Waals surface area (Å²) in [6, 6.07) is 9.78. The lowest BCUT2D eigenvalue weighted by molar-refractivity contribution is 0.866. The maximum Gasteiger partial charge on any atom is 0.152 e. The van der Waals surface area contributed by atoms with E-state index >= 15 is 0 Å². The second-order valence-electron chi connectivity index (χ2n) is 3.14. The van der Waals surface area contributed by atoms with Crippen LogP contribution in [0.15, 0.2) is 24.3 Å². The largest absolute Gasteiger partial charge is 0.183 e. The second kappa shape index (κ2) is 4.33. The van der Waals surface area contributed by atoms with Crippen LogP contribution in [0.25, 0.3) is 0 Å². The second-order valence-corrected chi connectivity index (χ2v) is 3.14. The molecule has 0 heterocycles. The van der Waals surface area contributed by atoms with E-state index in [1.165, 1.54) is 5.56 Å². The van der Waals surface area contributed by atoms with Gasteiger partial charge in [-0.2, -0.15) is 5.26 Å². The summed E-state index contributed by atoms with van der Waals surface area (Å²) in [7, 11) is 0. The first-order chi connectivity index (χ1) is 6.24. The molecule has 0 unspecified atom stereocenters. The molecule has 13 heavy (non-hydrogen) atoms. The number of hydrogen-bond donors (Lipinski definition) is 0. The van der Waals surface area contributed by atoms with Gasteiger partial charge in [0.05, 0.1) is 0 Å². The number of rotatable bonds is 1. The van der Waals surface area contributed by atoms with E-state index in [9.17, 15) is 0 Å². The zero-order valence-corrected chi connectivity index (χ0v) is 7.83. The molecular formula is C12H11N. The van der Waals surface area contributed by atoms with Gasteiger partial charge in [-0.15, -0.1) is 0 Å². The summed E-state index contributed by atoms with van der Waals surface area (Å²) in [6.07, 6.45) is 0. The minimum atomic E-state index is 0.504. The van der Waals surface area contributed by atoms with Gasteiger partial charge >= 0.3 is 0 Å². The molecule has 0 spiro atoms. The van der Waals surface area contributed by atoms with E-state index in [0.29, 0.717) is 5.92 Å². The molecule has 0 fully saturated rings. The Morgan fingerprint density at radius 3 is 2.69 bits per heavy atom. The monoisotopic (exact) mass is 169 g/mol. The minimum Gasteiger partial charge on any atom is -0.183 e. The molecule has 0 saturated heterocycles. The lowest BCUT2D eigenvalue weighted by Gasteiger charge is -2.04. The fraction of sp³-hybridized carbons (Fsp3) is 0.250. The Morgan fingerprint density at radius 1 is 1.31 bits per heavy atom. The molecule has 0 N–H and O–H groups in total. The van der Waals surface area contributed by atoms with E-state index in [2.05, 4.69) is 31.8 Å². The van der Waals surface area contributed by atoms with Crippen molar-refractivity contribution < 1.29 is 0 Å². The lowest BCUT2D eigenvalue weighted by Crippen LogP contribution is -1.87. The van der Waals surface area contributed by atoms with Crippen LogP contribution in [-0.4, -0.2) is 0 Å². The van der Waals surface area contributed by atoms with Crippen LogP contribution >= 0.6 is 0 Å². The minimum absolute atomic E-state index is 0.504. The van der Waals surface area contributed by atoms with E-state index in [4.69, 9.17) is 5.26 Å². The predicted molar refractivity (Wildman–Crippen MR) is 53.0 cm³/mol. The molecule has 0 saturated carbocycles. The highest BCUT2D eigenvalue weighted by atomic mass is 14.2. The predicted octanol–water partition coefficient (Wildman–Crippen LogP) is 2.69. The number of benzene rings is 1. The highest BCUT2D eigenvalue weighted by Gasteiger charge is 1.97. The third-order valence-corrected chi connectivity index (χ3v) is 1.82. The van der Waals surface area contributed by atoms with Crippen molar-refractivity contribution in [1.29, 1.82) is 5.26 Å². The molecule has 1 rings (SSSR count). The van der Waals surface area contributed by atoms with Crippen molar-refractivity contribution in [3.8, 4) is 17.9 Å². The third kappa shape index (κ3) is 2.65. The molecule has 1 aromatic carbocycles. The normalized spacial score (nSPS) is 8.77. The van der Waals surface area contributed by atoms with Crippen LogP contribution in [0.2, 0.25) is 0 Å². The van der Waals surface area contributed by atoms with Crippen molar-refractivity contribution in [2.75, 3.05) is 0 Å². The standard InChI is InChI=1S/C12H11N/c1-10(2)12-7-3-5-11(9-12)6-4-8-13/h3,5,7,9-10H,1-2H3. The van der Waals surface area contributed by atoms with Crippen molar-refractivity contribution in [3.05, 3.63) is 35.4 Å². The first-order valence-corrected chi connectivity index (χ1v) is 4.24. The quantitative estimate of drug-likeness (QED) is 0.593. The fourth-order valence-corrected chi connectivity index (χ4v) is 1.08. The summed E-state index contributed by atoms with van der Waals surface area (Å²) in [5, 5.41) is 8.28. The van der Waals surface area contributed by atoms with Crippen LogP contribution in [0.5, 0.6) is 0 Å². The lowest BCUT2D eigenvalue weighted by atomic mass is 10.0. The van der Waals surface area contributed by atoms with Crippen LogP contribution in [0.1, 0.15) is 30.9 Å². The maximum absolute atomic E-state index is 8.28. The molecule has 64 valence electrons. The van der Waals surface area contributed by atoms with E-state index < -0.39 is 0 Å². The molecular weight excluding hydrogens is 158 g/mol. The smallest absolute Gasteiger partial charge is 0.152 e. The van der Waals surface area contributed by atoms with Gasteiger partial charge in [-0.3, -0.25) is 0 Å². The summed E-state index contributed by atoms with van der Waals surface area (Å²) in [6.45, 7) is 4.27. The Balaban J connectivity index is 3.00. The molecule has 1 aromatic rings. The van der Waals surface area contributed by atoms with Crippen LogP contribution < -0.4 is 0 Å². The molecule has 0 bridgehead atoms. The van der Waals surface area contributed by atoms with E-state index in [1.807, 2.05) is 18.2 Å². The molecule has 0 aliphatic rings. The van der Waals surface area contributed by atoms with Crippen molar-refractivity contribution >= 4 is 0 Å². The van der Waals surface area contributed by atoms with Gasteiger partial charge in [0.25, 0.3) is 0 Å². The van der Waals surface area contributed by atoms with E-state index in [0.717, 1.165) is 5.56 Å². The van der Waals surface area contributed by atoms with Gasteiger partial charge in [-0.1, -0.05) is 31.9 Å². The Morgan fingerprint density at radius 2 is 2.08 bits per heavy atom. The van der Waals surface area contributed by atoms with Crippen molar-refractivity contribution in [2.45, 2.75) is 19.8 Å². The number of hydrogen-bond acceptors (Lipinski definition) is 1. The summed E-state index contributed by atoms with van der Waals surface area (Å²) in [4.78, 5) is 0. The third-order valence-electron chi connectivity index (χ3n) is 1.82. The SMILES string of the molecule is CC(C)c1cccc(C#CC#N)c1. The molecule has 0 atom stereocenters. The van der Waals surface area contributed by atoms with Gasteiger partial charge in [0.15, 0.2) is 6.07 Å². The first kappa shape index (κ1) is 9.36. The van der Waals surface area contributed by atoms with Gasteiger partial charge in [-0.05, 0) is 23.6 Å². The Labute approximate surface area is 79.0 Å². The molecule has 0 aliphatic heterocycles. The molecule has 1 nitrogen and oxygen atoms in total. The van der Waals surface area contributed by atoms with Gasteiger partial charge in [0.1, 0.15) is 0 Å². The van der Waals surface area contributed by atoms with Gasteiger partial charge < -0.3 is 0 Å². The van der Waals surface area contributed by atoms with Gasteiger partial charge in [-0.25, -0.2) is 0 Å². The number of nitrogens with zero attached hydrogens (tertiary/aromatic N) is 1. The maximum atomic E-state index is 8.28. The average Bonchev–Trinajstić information content (AvgIpc) is 2.15. The highest BCUT2D eigenvalue weighted by molar-refractivity contribution is 5.40. The van der Waals surface area contributed by atoms with Crippen molar-refractivity contribution in [1.82, 2.24) is 0 Å². The summed E-state index contributed by atoms with van der Waals surface area (Å²) >= 11 is 0. The van der Waals surface area contributed by atoms with Crippen molar-refractivity contribution in [2.24, 2.45) is 0 Å². The Kier molecular flexibility index (Phi) is 3.12. The highest BCUT2D eigenvalue weighted by Crippen LogP contribution is 2.14. The fourth-order valence-electron chi connectivity index (χ4n) is 1.08. The number of nitriles is 1. The molecule has 0 radical (unpaired) electrons. The Hall–Kier alpha value is -1.73. The van der Waals surface area contributed by atoms with Crippen LogP contribution in [0, 0.1) is 23.2 Å². The van der Waals surface area contributed by atoms with E-state index in [-0.39, 0.29) is 0 Å². The van der Waals surface area contributed by atoms with Gasteiger partial charge in [0.2, 0.25) is 0 Å². The zero-order chi connectivity index (χ0) is 9.68. The summed E-state index contributed by atoms with van der Waals surface area (Å²) in [5.74, 6) is 5.67. The first-order valence-electron chi connectivity index (χ1n) is 4.24. The van der Waals surface area contributed by atoms with E-state index in [1.54, 1.807) is 6.07 Å². The summed E-state index contributed by atoms with van der Waals surface area (Å²) < 4.78 is 0. The molecule has 0 amide bonds. The van der Waals surface area contributed by atoms with Crippen LogP contribution in [-0.2, 0) is 0 Å².